The lowest BCUT2D eigenvalue weighted by Gasteiger charge is -2.18. The van der Waals surface area contributed by atoms with Crippen molar-refractivity contribution >= 4 is 11.0 Å². The fourth-order valence-corrected chi connectivity index (χ4v) is 2.97. The second kappa shape index (κ2) is 7.59. The van der Waals surface area contributed by atoms with Crippen molar-refractivity contribution in [2.75, 3.05) is 13.6 Å². The van der Waals surface area contributed by atoms with Gasteiger partial charge in [0.2, 0.25) is 0 Å². The molecule has 0 unspecified atom stereocenters. The van der Waals surface area contributed by atoms with E-state index in [1.54, 1.807) is 0 Å². The number of aromatic nitrogens is 3. The van der Waals surface area contributed by atoms with Crippen LogP contribution in [0.4, 0.5) is 13.2 Å². The molecular weight excluding hydrogens is 373 g/mol. The van der Waals surface area contributed by atoms with E-state index in [4.69, 9.17) is 0 Å². The molecule has 2 heterocycles. The maximum atomic E-state index is 12.9. The summed E-state index contributed by atoms with van der Waals surface area (Å²) in [6.45, 7) is 1.18. The van der Waals surface area contributed by atoms with E-state index in [2.05, 4.69) is 4.98 Å². The van der Waals surface area contributed by atoms with Crippen molar-refractivity contribution in [2.45, 2.75) is 19.3 Å². The Kier molecular flexibility index (Phi) is 5.37. The zero-order valence-corrected chi connectivity index (χ0v) is 15.4. The van der Waals surface area contributed by atoms with Gasteiger partial charge in [0.1, 0.15) is 11.3 Å². The smallest absolute Gasteiger partial charge is 0.300 e. The fraction of sp³-hybridized carbons (Fsp3) is 0.316. The van der Waals surface area contributed by atoms with Gasteiger partial charge in [0, 0.05) is 26.7 Å². The van der Waals surface area contributed by atoms with Crippen LogP contribution in [-0.2, 0) is 26.3 Å². The summed E-state index contributed by atoms with van der Waals surface area (Å²) in [6, 6.07) is 11.5. The number of hydrogen-bond acceptors (Lipinski definition) is 4. The van der Waals surface area contributed by atoms with Gasteiger partial charge in [-0.1, -0.05) is 30.3 Å². The molecule has 148 valence electrons. The predicted molar refractivity (Wildman–Crippen MR) is 99.0 cm³/mol. The van der Waals surface area contributed by atoms with Crippen molar-refractivity contribution < 1.29 is 13.2 Å². The molecular formula is C19H19F3N4O2. The van der Waals surface area contributed by atoms with E-state index in [1.807, 2.05) is 42.3 Å². The highest BCUT2D eigenvalue weighted by molar-refractivity contribution is 5.74. The third-order valence-corrected chi connectivity index (χ3v) is 4.48. The van der Waals surface area contributed by atoms with E-state index in [9.17, 15) is 22.8 Å². The number of nitrogens with zero attached hydrogens (tertiary/aromatic N) is 4. The number of fused-ring (bicyclic) bond motifs is 1. The van der Waals surface area contributed by atoms with Crippen LogP contribution in [0.5, 0.6) is 0 Å². The Labute approximate surface area is 158 Å². The van der Waals surface area contributed by atoms with Crippen LogP contribution in [0.25, 0.3) is 11.0 Å². The number of benzene rings is 1. The first-order valence-electron chi connectivity index (χ1n) is 8.58. The Morgan fingerprint density at radius 1 is 1.07 bits per heavy atom. The monoisotopic (exact) mass is 392 g/mol. The summed E-state index contributed by atoms with van der Waals surface area (Å²) in [4.78, 5) is 30.6. The van der Waals surface area contributed by atoms with Crippen molar-refractivity contribution in [3.63, 3.8) is 0 Å². The minimum Gasteiger partial charge on any atom is -0.300 e. The molecule has 0 radical (unpaired) electrons. The first-order chi connectivity index (χ1) is 13.2. The van der Waals surface area contributed by atoms with Crippen LogP contribution >= 0.6 is 0 Å². The average Bonchev–Trinajstić information content (AvgIpc) is 2.66. The van der Waals surface area contributed by atoms with E-state index in [1.165, 1.54) is 7.05 Å². The van der Waals surface area contributed by atoms with E-state index in [0.717, 1.165) is 26.8 Å². The van der Waals surface area contributed by atoms with Crippen LogP contribution < -0.4 is 11.2 Å². The van der Waals surface area contributed by atoms with Crippen LogP contribution in [0.2, 0.25) is 0 Å². The van der Waals surface area contributed by atoms with Crippen molar-refractivity contribution in [3.8, 4) is 0 Å². The summed E-state index contributed by atoms with van der Waals surface area (Å²) in [5.74, 6) is 0. The van der Waals surface area contributed by atoms with E-state index in [-0.39, 0.29) is 17.6 Å². The zero-order chi connectivity index (χ0) is 20.5. The number of rotatable bonds is 5. The Hall–Kier alpha value is -2.94. The minimum atomic E-state index is -4.65. The summed E-state index contributed by atoms with van der Waals surface area (Å²) in [5.41, 5.74) is -1.68. The number of likely N-dealkylation sites (N-methyl/N-ethyl adjacent to an activating group) is 1. The third-order valence-electron chi connectivity index (χ3n) is 4.48. The lowest BCUT2D eigenvalue weighted by molar-refractivity contribution is -0.141. The second-order valence-electron chi connectivity index (χ2n) is 6.59. The SMILES string of the molecule is CN(CCn1c(=O)c2ccc(C(F)(F)F)nc2n(C)c1=O)Cc1ccccc1. The molecule has 0 saturated carbocycles. The topological polar surface area (TPSA) is 60.1 Å². The van der Waals surface area contributed by atoms with Crippen LogP contribution in [0, 0.1) is 0 Å². The molecule has 0 aliphatic carbocycles. The molecule has 0 bridgehead atoms. The number of aryl methyl sites for hydroxylation is 1. The molecule has 0 amide bonds. The van der Waals surface area contributed by atoms with Gasteiger partial charge in [0.25, 0.3) is 5.56 Å². The molecule has 0 aliphatic heterocycles. The van der Waals surface area contributed by atoms with Gasteiger partial charge in [0.15, 0.2) is 0 Å². The molecule has 2 aromatic heterocycles. The lowest BCUT2D eigenvalue weighted by atomic mass is 10.2. The van der Waals surface area contributed by atoms with Gasteiger partial charge in [-0.3, -0.25) is 13.9 Å². The largest absolute Gasteiger partial charge is 0.433 e. The van der Waals surface area contributed by atoms with Gasteiger partial charge in [-0.25, -0.2) is 9.78 Å². The van der Waals surface area contributed by atoms with Crippen LogP contribution in [-0.4, -0.2) is 32.6 Å². The zero-order valence-electron chi connectivity index (χ0n) is 15.4. The van der Waals surface area contributed by atoms with Gasteiger partial charge in [-0.05, 0) is 24.7 Å². The summed E-state index contributed by atoms with van der Waals surface area (Å²) < 4.78 is 40.6. The molecule has 28 heavy (non-hydrogen) atoms. The van der Waals surface area contributed by atoms with E-state index >= 15 is 0 Å². The van der Waals surface area contributed by atoms with Crippen LogP contribution in [0.1, 0.15) is 11.3 Å². The molecule has 0 atom stereocenters. The molecule has 0 N–H and O–H groups in total. The van der Waals surface area contributed by atoms with Gasteiger partial charge in [0.05, 0.1) is 5.39 Å². The molecule has 1 aromatic carbocycles. The normalized spacial score (nSPS) is 12.1. The third kappa shape index (κ3) is 3.99. The van der Waals surface area contributed by atoms with Crippen molar-refractivity contribution in [2.24, 2.45) is 7.05 Å². The highest BCUT2D eigenvalue weighted by Crippen LogP contribution is 2.28. The molecule has 0 aliphatic rings. The molecule has 9 heteroatoms. The predicted octanol–water partition coefficient (Wildman–Crippen LogP) is 2.25. The summed E-state index contributed by atoms with van der Waals surface area (Å²) in [6.07, 6.45) is -4.65. The molecule has 0 saturated heterocycles. The summed E-state index contributed by atoms with van der Waals surface area (Å²) in [7, 11) is 3.17. The van der Waals surface area contributed by atoms with E-state index in [0.29, 0.717) is 13.1 Å². The first-order valence-corrected chi connectivity index (χ1v) is 8.58. The van der Waals surface area contributed by atoms with Gasteiger partial charge < -0.3 is 4.90 Å². The maximum absolute atomic E-state index is 12.9. The highest BCUT2D eigenvalue weighted by atomic mass is 19.4. The lowest BCUT2D eigenvalue weighted by Crippen LogP contribution is -2.41. The molecule has 0 fully saturated rings. The van der Waals surface area contributed by atoms with Crippen LogP contribution in [0.15, 0.2) is 52.1 Å². The summed E-state index contributed by atoms with van der Waals surface area (Å²) >= 11 is 0. The van der Waals surface area contributed by atoms with Crippen molar-refractivity contribution in [1.29, 1.82) is 0 Å². The van der Waals surface area contributed by atoms with Gasteiger partial charge in [-0.2, -0.15) is 13.2 Å². The maximum Gasteiger partial charge on any atom is 0.433 e. The fourth-order valence-electron chi connectivity index (χ4n) is 2.97. The Balaban J connectivity index is 1.90. The Morgan fingerprint density at radius 3 is 2.39 bits per heavy atom. The number of pyridine rings is 1. The minimum absolute atomic E-state index is 0.0270. The van der Waals surface area contributed by atoms with E-state index < -0.39 is 23.1 Å². The molecule has 6 nitrogen and oxygen atoms in total. The van der Waals surface area contributed by atoms with Crippen molar-refractivity contribution in [1.82, 2.24) is 19.0 Å². The summed E-state index contributed by atoms with van der Waals surface area (Å²) in [5, 5.41) is -0.0270. The van der Waals surface area contributed by atoms with Gasteiger partial charge in [-0.15, -0.1) is 0 Å². The number of hydrogen-bond donors (Lipinski definition) is 0. The number of halogens is 3. The second-order valence-corrected chi connectivity index (χ2v) is 6.59. The Bertz CT molecular complexity index is 1100. The Morgan fingerprint density at radius 2 is 1.75 bits per heavy atom. The van der Waals surface area contributed by atoms with Crippen molar-refractivity contribution in [3.05, 3.63) is 74.6 Å². The highest BCUT2D eigenvalue weighted by Gasteiger charge is 2.33. The van der Waals surface area contributed by atoms with Gasteiger partial charge >= 0.3 is 11.9 Å². The first kappa shape index (κ1) is 19.8. The number of alkyl halides is 3. The molecule has 3 aromatic rings. The van der Waals surface area contributed by atoms with Crippen LogP contribution in [0.3, 0.4) is 0 Å². The molecule has 3 rings (SSSR count). The quantitative estimate of drug-likeness (QED) is 0.668. The molecule has 0 spiro atoms. The average molecular weight is 392 g/mol. The standard InChI is InChI=1S/C19H19F3N4O2/c1-24(12-13-6-4-3-5-7-13)10-11-26-17(27)14-8-9-15(19(20,21)22)23-16(14)25(2)18(26)28/h3-9H,10-12H2,1-2H3.